The van der Waals surface area contributed by atoms with Crippen LogP contribution in [-0.4, -0.2) is 15.0 Å². The van der Waals surface area contributed by atoms with E-state index in [2.05, 4.69) is 15.0 Å². The summed E-state index contributed by atoms with van der Waals surface area (Å²) < 4.78 is 0. The summed E-state index contributed by atoms with van der Waals surface area (Å²) in [4.78, 5) is 11.9. The van der Waals surface area contributed by atoms with Gasteiger partial charge in [0.05, 0.1) is 5.69 Å². The van der Waals surface area contributed by atoms with E-state index in [0.717, 1.165) is 28.5 Å². The first-order valence-electron chi connectivity index (χ1n) is 5.63. The number of aromatic nitrogens is 3. The fraction of sp³-hybridized carbons (Fsp3) is 0.385. The minimum atomic E-state index is 0.847. The molecule has 3 heteroatoms. The molecule has 0 spiro atoms. The molecule has 0 unspecified atom stereocenters. The molecular weight excluding hydrogens is 198 g/mol. The molecular formula is C13H19N3. The standard InChI is InChI=1S/C11H13N3.C2H6/c1-7-4-5-10(12-6-7)11-13-8(2)9(3)14-11;1-2/h4-6H,1-3H3,(H,13,14);1-2H3. The molecule has 2 heterocycles. The molecule has 2 rings (SSSR count). The second kappa shape index (κ2) is 5.45. The first-order chi connectivity index (χ1) is 7.66. The van der Waals surface area contributed by atoms with E-state index in [4.69, 9.17) is 0 Å². The van der Waals surface area contributed by atoms with Gasteiger partial charge in [0.15, 0.2) is 5.82 Å². The Morgan fingerprint density at radius 1 is 1.06 bits per heavy atom. The number of nitrogens with zero attached hydrogens (tertiary/aromatic N) is 2. The molecule has 3 nitrogen and oxygen atoms in total. The van der Waals surface area contributed by atoms with Crippen LogP contribution in [0.15, 0.2) is 18.3 Å². The maximum atomic E-state index is 4.39. The van der Waals surface area contributed by atoms with Gasteiger partial charge in [-0.1, -0.05) is 19.9 Å². The van der Waals surface area contributed by atoms with Crippen LogP contribution < -0.4 is 0 Å². The summed E-state index contributed by atoms with van der Waals surface area (Å²) in [5, 5.41) is 0. The number of hydrogen-bond donors (Lipinski definition) is 1. The molecule has 0 aliphatic heterocycles. The van der Waals surface area contributed by atoms with Crippen molar-refractivity contribution in [2.24, 2.45) is 0 Å². The van der Waals surface area contributed by atoms with E-state index in [9.17, 15) is 0 Å². The number of hydrogen-bond acceptors (Lipinski definition) is 2. The van der Waals surface area contributed by atoms with Gasteiger partial charge in [0.25, 0.3) is 0 Å². The van der Waals surface area contributed by atoms with E-state index in [-0.39, 0.29) is 0 Å². The van der Waals surface area contributed by atoms with Crippen LogP contribution in [0, 0.1) is 20.8 Å². The number of rotatable bonds is 1. The van der Waals surface area contributed by atoms with Crippen molar-refractivity contribution in [2.45, 2.75) is 34.6 Å². The van der Waals surface area contributed by atoms with Gasteiger partial charge in [0.1, 0.15) is 5.69 Å². The zero-order chi connectivity index (χ0) is 12.1. The number of aryl methyl sites for hydroxylation is 3. The minimum absolute atomic E-state index is 0.847. The van der Waals surface area contributed by atoms with Gasteiger partial charge in [-0.3, -0.25) is 4.98 Å². The maximum absolute atomic E-state index is 4.39. The third kappa shape index (κ3) is 2.69. The van der Waals surface area contributed by atoms with Crippen LogP contribution in [0.2, 0.25) is 0 Å². The van der Waals surface area contributed by atoms with Gasteiger partial charge in [-0.05, 0) is 32.4 Å². The molecule has 1 N–H and O–H groups in total. The van der Waals surface area contributed by atoms with Crippen LogP contribution >= 0.6 is 0 Å². The quantitative estimate of drug-likeness (QED) is 0.795. The van der Waals surface area contributed by atoms with E-state index in [1.165, 1.54) is 0 Å². The van der Waals surface area contributed by atoms with Gasteiger partial charge in [0.2, 0.25) is 0 Å². The zero-order valence-electron chi connectivity index (χ0n) is 10.6. The molecule has 86 valence electrons. The van der Waals surface area contributed by atoms with Crippen molar-refractivity contribution in [2.75, 3.05) is 0 Å². The van der Waals surface area contributed by atoms with Crippen molar-refractivity contribution in [3.05, 3.63) is 35.3 Å². The Morgan fingerprint density at radius 3 is 2.19 bits per heavy atom. The Labute approximate surface area is 97.0 Å². The highest BCUT2D eigenvalue weighted by molar-refractivity contribution is 5.50. The molecule has 0 saturated carbocycles. The van der Waals surface area contributed by atoms with Crippen molar-refractivity contribution in [3.63, 3.8) is 0 Å². The molecule has 0 amide bonds. The maximum Gasteiger partial charge on any atom is 0.156 e. The van der Waals surface area contributed by atoms with Crippen LogP contribution in [0.25, 0.3) is 11.5 Å². The van der Waals surface area contributed by atoms with Crippen molar-refractivity contribution in [3.8, 4) is 11.5 Å². The Bertz CT molecular complexity index is 421. The van der Waals surface area contributed by atoms with E-state index >= 15 is 0 Å². The average molecular weight is 217 g/mol. The molecule has 0 aliphatic carbocycles. The van der Waals surface area contributed by atoms with Crippen molar-refractivity contribution >= 4 is 0 Å². The lowest BCUT2D eigenvalue weighted by molar-refractivity contribution is 1.18. The van der Waals surface area contributed by atoms with E-state index in [1.54, 1.807) is 0 Å². The summed E-state index contributed by atoms with van der Waals surface area (Å²) in [6.07, 6.45) is 1.85. The molecule has 0 fully saturated rings. The van der Waals surface area contributed by atoms with Crippen LogP contribution in [0.5, 0.6) is 0 Å². The SMILES string of the molecule is CC.Cc1ccc(-c2nc(C)c(C)[nH]2)nc1. The zero-order valence-corrected chi connectivity index (χ0v) is 10.6. The largest absolute Gasteiger partial charge is 0.341 e. The van der Waals surface area contributed by atoms with Crippen molar-refractivity contribution in [1.29, 1.82) is 0 Å². The summed E-state index contributed by atoms with van der Waals surface area (Å²) in [6, 6.07) is 4.02. The Balaban J connectivity index is 0.000000606. The van der Waals surface area contributed by atoms with E-state index < -0.39 is 0 Å². The first-order valence-corrected chi connectivity index (χ1v) is 5.63. The monoisotopic (exact) mass is 217 g/mol. The first kappa shape index (κ1) is 12.4. The molecule has 0 aromatic carbocycles. The van der Waals surface area contributed by atoms with Crippen LogP contribution in [0.4, 0.5) is 0 Å². The highest BCUT2D eigenvalue weighted by atomic mass is 15.0. The molecule has 0 aliphatic rings. The van der Waals surface area contributed by atoms with Gasteiger partial charge in [-0.15, -0.1) is 0 Å². The molecule has 0 bridgehead atoms. The second-order valence-electron chi connectivity index (χ2n) is 3.52. The highest BCUT2D eigenvalue weighted by Gasteiger charge is 2.05. The van der Waals surface area contributed by atoms with Gasteiger partial charge >= 0.3 is 0 Å². The Kier molecular flexibility index (Phi) is 4.23. The third-order valence-corrected chi connectivity index (χ3v) is 2.28. The van der Waals surface area contributed by atoms with Crippen molar-refractivity contribution in [1.82, 2.24) is 15.0 Å². The number of imidazole rings is 1. The molecule has 0 radical (unpaired) electrons. The topological polar surface area (TPSA) is 41.6 Å². The molecule has 0 saturated heterocycles. The predicted octanol–water partition coefficient (Wildman–Crippen LogP) is 3.42. The number of aromatic amines is 1. The van der Waals surface area contributed by atoms with E-state index in [1.807, 2.05) is 52.9 Å². The summed E-state index contributed by atoms with van der Waals surface area (Å²) in [7, 11) is 0. The van der Waals surface area contributed by atoms with Gasteiger partial charge < -0.3 is 4.98 Å². The third-order valence-electron chi connectivity index (χ3n) is 2.28. The summed E-state index contributed by atoms with van der Waals surface area (Å²) >= 11 is 0. The van der Waals surface area contributed by atoms with Gasteiger partial charge in [-0.25, -0.2) is 4.98 Å². The van der Waals surface area contributed by atoms with Crippen LogP contribution in [0.1, 0.15) is 30.8 Å². The normalized spacial score (nSPS) is 9.56. The minimum Gasteiger partial charge on any atom is -0.341 e. The summed E-state index contributed by atoms with van der Waals surface area (Å²) in [6.45, 7) is 10.0. The van der Waals surface area contributed by atoms with Gasteiger partial charge in [0, 0.05) is 11.9 Å². The van der Waals surface area contributed by atoms with Crippen molar-refractivity contribution < 1.29 is 0 Å². The van der Waals surface area contributed by atoms with Crippen LogP contribution in [-0.2, 0) is 0 Å². The average Bonchev–Trinajstić information content (AvgIpc) is 2.63. The molecule has 16 heavy (non-hydrogen) atoms. The lowest BCUT2D eigenvalue weighted by Gasteiger charge is -1.95. The summed E-state index contributed by atoms with van der Waals surface area (Å²) in [5.41, 5.74) is 4.19. The fourth-order valence-corrected chi connectivity index (χ4v) is 1.28. The Hall–Kier alpha value is -1.64. The lowest BCUT2D eigenvalue weighted by atomic mass is 10.3. The smallest absolute Gasteiger partial charge is 0.156 e. The number of nitrogens with one attached hydrogen (secondary N) is 1. The second-order valence-corrected chi connectivity index (χ2v) is 3.52. The molecule has 2 aromatic heterocycles. The summed E-state index contributed by atoms with van der Waals surface area (Å²) in [5.74, 6) is 0.847. The number of pyridine rings is 1. The molecule has 2 aromatic rings. The van der Waals surface area contributed by atoms with E-state index in [0.29, 0.717) is 0 Å². The fourth-order valence-electron chi connectivity index (χ4n) is 1.28. The highest BCUT2D eigenvalue weighted by Crippen LogP contribution is 2.15. The predicted molar refractivity (Wildman–Crippen MR) is 67.4 cm³/mol. The number of H-pyrrole nitrogens is 1. The van der Waals surface area contributed by atoms with Crippen LogP contribution in [0.3, 0.4) is 0 Å². The molecule has 0 atom stereocenters. The lowest BCUT2D eigenvalue weighted by Crippen LogP contribution is -1.85. The Morgan fingerprint density at radius 2 is 1.75 bits per heavy atom. The van der Waals surface area contributed by atoms with Gasteiger partial charge in [-0.2, -0.15) is 0 Å².